The first-order valence-electron chi connectivity index (χ1n) is 14.3. The first-order valence-corrected chi connectivity index (χ1v) is 19.0. The normalized spacial score (nSPS) is 13.0. The molecule has 0 fully saturated rings. The van der Waals surface area contributed by atoms with Crippen LogP contribution in [0.1, 0.15) is 24.1 Å². The quantitative estimate of drug-likeness (QED) is 0.0973. The summed E-state index contributed by atoms with van der Waals surface area (Å²) in [6.45, 7) is 0. The third-order valence-electron chi connectivity index (χ3n) is 7.64. The topological polar surface area (TPSA) is 0 Å². The molecular weight excluding hydrogens is 613 g/mol. The van der Waals surface area contributed by atoms with Crippen molar-refractivity contribution < 1.29 is 13.5 Å². The van der Waals surface area contributed by atoms with E-state index in [1.54, 1.807) is 0 Å². The standard InChI is InChI=1S/C38H33P2.ClH.Ni/c1-5-19-32(20-6-1)39(33-21-7-2-8-22-33)30-16-29-38(37-28-15-18-31-17-13-14-27-36(31)37)40(34-23-9-3-10-24-34)35-25-11-4-12-26-35;;/h1-15,17-28,30,38H,16,29H2;1H;/q;;+1/p-1. The molecule has 0 N–H and O–H groups in total. The molecule has 0 radical (unpaired) electrons. The fourth-order valence-corrected chi connectivity index (χ4v) is 13.5. The van der Waals surface area contributed by atoms with Crippen molar-refractivity contribution in [3.63, 3.8) is 0 Å². The van der Waals surface area contributed by atoms with Gasteiger partial charge in [-0.25, -0.2) is 0 Å². The van der Waals surface area contributed by atoms with Gasteiger partial charge in [0.15, 0.2) is 0 Å². The fraction of sp³-hybridized carbons (Fsp3) is 0.105. The van der Waals surface area contributed by atoms with E-state index in [-0.39, 0.29) is 0 Å². The van der Waals surface area contributed by atoms with E-state index in [4.69, 9.17) is 10.2 Å². The van der Waals surface area contributed by atoms with Crippen molar-refractivity contribution in [3.8, 4) is 0 Å². The summed E-state index contributed by atoms with van der Waals surface area (Å²) < 4.78 is 0.305. The Bertz CT molecular complexity index is 1600. The van der Waals surface area contributed by atoms with Crippen LogP contribution in [0.3, 0.4) is 0 Å². The molecule has 0 saturated heterocycles. The van der Waals surface area contributed by atoms with Crippen molar-refractivity contribution >= 4 is 58.0 Å². The van der Waals surface area contributed by atoms with E-state index in [1.165, 1.54) is 51.1 Å². The molecule has 0 aliphatic carbocycles. The zero-order chi connectivity index (χ0) is 28.6. The van der Waals surface area contributed by atoms with E-state index < -0.39 is 15.8 Å². The second-order valence-corrected chi connectivity index (χ2v) is 16.9. The Kier molecular flexibility index (Phi) is 10.2. The van der Waals surface area contributed by atoms with Gasteiger partial charge in [-0.05, 0) is 0 Å². The number of hydrogen-bond donors (Lipinski definition) is 0. The van der Waals surface area contributed by atoms with Crippen LogP contribution in [0.4, 0.5) is 0 Å². The Hall–Kier alpha value is -2.78. The van der Waals surface area contributed by atoms with E-state index in [2.05, 4.69) is 164 Å². The van der Waals surface area contributed by atoms with Crippen LogP contribution >= 0.6 is 26.0 Å². The SMILES string of the molecule is [Cl][Ni][CH](CCC(c1cccc2ccccc12)P(c1ccccc1)c1ccccc1)P(c1ccccc1)c1ccccc1. The zero-order valence-electron chi connectivity index (χ0n) is 23.2. The summed E-state index contributed by atoms with van der Waals surface area (Å²) in [5.74, 6) is 0. The number of fused-ring (bicyclic) bond motifs is 1. The summed E-state index contributed by atoms with van der Waals surface area (Å²) >= 11 is 1.30. The number of halogens is 1. The van der Waals surface area contributed by atoms with Crippen LogP contribution in [0.25, 0.3) is 10.8 Å². The van der Waals surface area contributed by atoms with E-state index in [0.717, 1.165) is 12.8 Å². The molecule has 4 heteroatoms. The van der Waals surface area contributed by atoms with Gasteiger partial charge in [0, 0.05) is 0 Å². The van der Waals surface area contributed by atoms with Crippen LogP contribution in [0.2, 0.25) is 0 Å². The molecule has 0 aliphatic rings. The predicted octanol–water partition coefficient (Wildman–Crippen LogP) is 9.49. The molecule has 0 spiro atoms. The molecule has 2 unspecified atom stereocenters. The van der Waals surface area contributed by atoms with Crippen LogP contribution in [-0.4, -0.2) is 4.63 Å². The first-order chi connectivity index (χ1) is 20.8. The number of rotatable bonds is 11. The molecule has 42 heavy (non-hydrogen) atoms. The average molecular weight is 646 g/mol. The van der Waals surface area contributed by atoms with Gasteiger partial charge in [-0.1, -0.05) is 0 Å². The molecule has 0 heterocycles. The van der Waals surface area contributed by atoms with Crippen molar-refractivity contribution in [1.82, 2.24) is 0 Å². The van der Waals surface area contributed by atoms with Crippen LogP contribution in [0.5, 0.6) is 0 Å². The van der Waals surface area contributed by atoms with E-state index in [0.29, 0.717) is 10.3 Å². The van der Waals surface area contributed by atoms with E-state index in [1.807, 2.05) is 0 Å². The predicted molar refractivity (Wildman–Crippen MR) is 184 cm³/mol. The molecule has 6 aromatic carbocycles. The van der Waals surface area contributed by atoms with Gasteiger partial charge in [-0.15, -0.1) is 0 Å². The van der Waals surface area contributed by atoms with Crippen LogP contribution in [0, 0.1) is 0 Å². The molecule has 0 bridgehead atoms. The summed E-state index contributed by atoms with van der Waals surface area (Å²) in [4.78, 5) is 0. The molecule has 0 saturated carbocycles. The minimum atomic E-state index is -0.670. The van der Waals surface area contributed by atoms with Crippen molar-refractivity contribution in [3.05, 3.63) is 169 Å². The van der Waals surface area contributed by atoms with Crippen molar-refractivity contribution in [2.75, 3.05) is 0 Å². The molecule has 6 aromatic rings. The van der Waals surface area contributed by atoms with Gasteiger partial charge >= 0.3 is 264 Å². The maximum absolute atomic E-state index is 6.86. The molecule has 0 aromatic heterocycles. The average Bonchev–Trinajstić information content (AvgIpc) is 3.07. The van der Waals surface area contributed by atoms with Gasteiger partial charge < -0.3 is 0 Å². The second kappa shape index (κ2) is 14.6. The molecule has 0 aliphatic heterocycles. The number of hydrogen-bond acceptors (Lipinski definition) is 0. The van der Waals surface area contributed by atoms with Gasteiger partial charge in [-0.2, -0.15) is 0 Å². The molecule has 0 nitrogen and oxygen atoms in total. The molecule has 2 atom stereocenters. The Morgan fingerprint density at radius 2 is 0.881 bits per heavy atom. The molecule has 6 rings (SSSR count). The summed E-state index contributed by atoms with van der Waals surface area (Å²) in [7, 11) is 5.56. The van der Waals surface area contributed by atoms with E-state index >= 15 is 0 Å². The van der Waals surface area contributed by atoms with Crippen molar-refractivity contribution in [1.29, 1.82) is 0 Å². The minimum absolute atomic E-state index is 0.305. The monoisotopic (exact) mass is 644 g/mol. The zero-order valence-corrected chi connectivity index (χ0v) is 26.8. The van der Waals surface area contributed by atoms with Gasteiger partial charge in [0.1, 0.15) is 0 Å². The fourth-order valence-electron chi connectivity index (χ4n) is 5.76. The maximum atomic E-state index is 6.86. The third-order valence-corrected chi connectivity index (χ3v) is 15.7. The second-order valence-electron chi connectivity index (χ2n) is 10.2. The van der Waals surface area contributed by atoms with Gasteiger partial charge in [0.2, 0.25) is 0 Å². The van der Waals surface area contributed by atoms with E-state index in [9.17, 15) is 0 Å². The summed E-state index contributed by atoms with van der Waals surface area (Å²) in [6, 6.07) is 60.0. The Morgan fingerprint density at radius 1 is 0.452 bits per heavy atom. The van der Waals surface area contributed by atoms with Crippen LogP contribution < -0.4 is 21.2 Å². The Balaban J connectivity index is 1.45. The van der Waals surface area contributed by atoms with Gasteiger partial charge in [-0.3, -0.25) is 0 Å². The summed E-state index contributed by atoms with van der Waals surface area (Å²) in [5.41, 5.74) is 1.78. The Labute approximate surface area is 262 Å². The molecular formula is C38H33ClNiP2. The number of benzene rings is 6. The molecule has 212 valence electrons. The van der Waals surface area contributed by atoms with Crippen molar-refractivity contribution in [2.24, 2.45) is 0 Å². The molecule has 0 amide bonds. The van der Waals surface area contributed by atoms with Crippen LogP contribution in [-0.2, 0) is 13.5 Å². The van der Waals surface area contributed by atoms with Crippen LogP contribution in [0.15, 0.2) is 164 Å². The first kappa shape index (κ1) is 29.3. The third kappa shape index (κ3) is 6.72. The summed E-state index contributed by atoms with van der Waals surface area (Å²) in [6.07, 6.45) is 2.09. The summed E-state index contributed by atoms with van der Waals surface area (Å²) in [5, 5.41) is 8.27. The van der Waals surface area contributed by atoms with Gasteiger partial charge in [0.05, 0.1) is 0 Å². The van der Waals surface area contributed by atoms with Crippen molar-refractivity contribution in [2.45, 2.75) is 23.1 Å². The Morgan fingerprint density at radius 3 is 1.38 bits per heavy atom. The van der Waals surface area contributed by atoms with Gasteiger partial charge in [0.25, 0.3) is 0 Å².